The van der Waals surface area contributed by atoms with Gasteiger partial charge in [-0.25, -0.2) is 9.59 Å². The van der Waals surface area contributed by atoms with Gasteiger partial charge in [0.15, 0.2) is 0 Å². The number of thioether (sulfide) groups is 1. The summed E-state index contributed by atoms with van der Waals surface area (Å²) in [6, 6.07) is -1.11. The summed E-state index contributed by atoms with van der Waals surface area (Å²) in [4.78, 5) is 22.7. The van der Waals surface area contributed by atoms with E-state index in [2.05, 4.69) is 10.6 Å². The quantitative estimate of drug-likeness (QED) is 0.714. The molecule has 0 radical (unpaired) electrons. The molecule has 0 bridgehead atoms. The number of urea groups is 1. The number of hydrogen-bond acceptors (Lipinski definition) is 3. The highest BCUT2D eigenvalue weighted by Gasteiger charge is 2.33. The van der Waals surface area contributed by atoms with E-state index in [1.165, 1.54) is 0 Å². The largest absolute Gasteiger partial charge is 0.480 e. The van der Waals surface area contributed by atoms with Gasteiger partial charge in [-0.1, -0.05) is 20.8 Å². The molecule has 2 atom stereocenters. The Balaban J connectivity index is 2.49. The third-order valence-corrected chi connectivity index (χ3v) is 3.82. The molecule has 0 saturated carbocycles. The van der Waals surface area contributed by atoms with Crippen LogP contribution in [0.2, 0.25) is 0 Å². The molecule has 0 aromatic heterocycles. The molecule has 2 unspecified atom stereocenters. The first-order chi connectivity index (χ1) is 7.80. The fourth-order valence-corrected chi connectivity index (χ4v) is 2.81. The molecule has 0 spiro atoms. The number of amides is 2. The summed E-state index contributed by atoms with van der Waals surface area (Å²) in [6.45, 7) is 5.37. The molecule has 6 heteroatoms. The maximum absolute atomic E-state index is 11.7. The van der Waals surface area contributed by atoms with Gasteiger partial charge in [0.1, 0.15) is 6.04 Å². The summed E-state index contributed by atoms with van der Waals surface area (Å²) >= 11 is 1.80. The van der Waals surface area contributed by atoms with Gasteiger partial charge in [-0.3, -0.25) is 0 Å². The summed E-state index contributed by atoms with van der Waals surface area (Å²) in [5, 5.41) is 14.4. The van der Waals surface area contributed by atoms with Gasteiger partial charge >= 0.3 is 12.0 Å². The lowest BCUT2D eigenvalue weighted by molar-refractivity contribution is -0.141. The smallest absolute Gasteiger partial charge is 0.326 e. The summed E-state index contributed by atoms with van der Waals surface area (Å²) in [5.41, 5.74) is -0.506. The van der Waals surface area contributed by atoms with Crippen LogP contribution in [0.3, 0.4) is 0 Å². The van der Waals surface area contributed by atoms with E-state index in [9.17, 15) is 9.59 Å². The van der Waals surface area contributed by atoms with E-state index in [0.29, 0.717) is 0 Å². The summed E-state index contributed by atoms with van der Waals surface area (Å²) in [6.07, 6.45) is 0.950. The molecule has 17 heavy (non-hydrogen) atoms. The molecule has 0 aromatic rings. The van der Waals surface area contributed by atoms with Crippen molar-refractivity contribution >= 4 is 23.8 Å². The fourth-order valence-electron chi connectivity index (χ4n) is 1.66. The van der Waals surface area contributed by atoms with Crippen LogP contribution in [0.15, 0.2) is 0 Å². The second kappa shape index (κ2) is 5.62. The predicted octanol–water partition coefficient (Wildman–Crippen LogP) is 1.29. The van der Waals surface area contributed by atoms with Crippen molar-refractivity contribution in [3.63, 3.8) is 0 Å². The maximum Gasteiger partial charge on any atom is 0.326 e. The van der Waals surface area contributed by atoms with Gasteiger partial charge in [0.05, 0.1) is 0 Å². The van der Waals surface area contributed by atoms with Crippen LogP contribution in [0, 0.1) is 5.41 Å². The molecule has 0 aliphatic carbocycles. The zero-order valence-corrected chi connectivity index (χ0v) is 11.3. The topological polar surface area (TPSA) is 78.4 Å². The lowest BCUT2D eigenvalue weighted by Gasteiger charge is -2.28. The molecule has 0 aromatic carbocycles. The van der Waals surface area contributed by atoms with Crippen LogP contribution < -0.4 is 10.6 Å². The number of aliphatic carboxylic acids is 1. The number of hydrogen-bond donors (Lipinski definition) is 3. The molecule has 1 aliphatic rings. The number of rotatable bonds is 3. The first-order valence-corrected chi connectivity index (χ1v) is 6.84. The zero-order valence-electron chi connectivity index (χ0n) is 10.4. The lowest BCUT2D eigenvalue weighted by atomic mass is 9.87. The zero-order chi connectivity index (χ0) is 13.1. The number of carboxylic acids is 1. The van der Waals surface area contributed by atoms with Crippen LogP contribution in [0.5, 0.6) is 0 Å². The first-order valence-electron chi connectivity index (χ1n) is 5.68. The minimum Gasteiger partial charge on any atom is -0.480 e. The molecule has 2 amide bonds. The van der Waals surface area contributed by atoms with Crippen molar-refractivity contribution in [2.75, 3.05) is 11.5 Å². The van der Waals surface area contributed by atoms with Gasteiger partial charge in [-0.2, -0.15) is 11.8 Å². The minimum absolute atomic E-state index is 0.161. The SMILES string of the molecule is CC(C)(C)C(NC(=O)NC1CCSC1)C(=O)O. The fraction of sp³-hybridized carbons (Fsp3) is 0.818. The van der Waals surface area contributed by atoms with E-state index < -0.39 is 17.4 Å². The van der Waals surface area contributed by atoms with Crippen LogP contribution in [0.1, 0.15) is 27.2 Å². The van der Waals surface area contributed by atoms with Gasteiger partial charge in [-0.05, 0) is 17.6 Å². The van der Waals surface area contributed by atoms with Crippen LogP contribution in [0.4, 0.5) is 4.79 Å². The average molecular weight is 260 g/mol. The summed E-state index contributed by atoms with van der Waals surface area (Å²) in [7, 11) is 0. The first kappa shape index (κ1) is 14.2. The molecular weight excluding hydrogens is 240 g/mol. The van der Waals surface area contributed by atoms with Crippen LogP contribution >= 0.6 is 11.8 Å². The van der Waals surface area contributed by atoms with Gasteiger partial charge in [0.25, 0.3) is 0 Å². The van der Waals surface area contributed by atoms with E-state index in [-0.39, 0.29) is 12.1 Å². The Kier molecular flexibility index (Phi) is 4.68. The van der Waals surface area contributed by atoms with Crippen molar-refractivity contribution in [1.82, 2.24) is 10.6 Å². The van der Waals surface area contributed by atoms with Crippen molar-refractivity contribution in [2.24, 2.45) is 5.41 Å². The second-order valence-corrected chi connectivity index (χ2v) is 6.47. The molecular formula is C11H20N2O3S. The van der Waals surface area contributed by atoms with Gasteiger partial charge in [-0.15, -0.1) is 0 Å². The van der Waals surface area contributed by atoms with Crippen molar-refractivity contribution < 1.29 is 14.7 Å². The molecule has 98 valence electrons. The van der Waals surface area contributed by atoms with E-state index in [1.54, 1.807) is 32.5 Å². The number of nitrogens with one attached hydrogen (secondary N) is 2. The van der Waals surface area contributed by atoms with Crippen molar-refractivity contribution in [1.29, 1.82) is 0 Å². The summed E-state index contributed by atoms with van der Waals surface area (Å²) < 4.78 is 0. The van der Waals surface area contributed by atoms with E-state index in [4.69, 9.17) is 5.11 Å². The predicted molar refractivity (Wildman–Crippen MR) is 68.3 cm³/mol. The highest BCUT2D eigenvalue weighted by atomic mass is 32.2. The maximum atomic E-state index is 11.7. The second-order valence-electron chi connectivity index (χ2n) is 5.32. The monoisotopic (exact) mass is 260 g/mol. The Morgan fingerprint density at radius 3 is 2.47 bits per heavy atom. The van der Waals surface area contributed by atoms with E-state index >= 15 is 0 Å². The van der Waals surface area contributed by atoms with E-state index in [1.807, 2.05) is 0 Å². The van der Waals surface area contributed by atoms with Gasteiger partial charge in [0, 0.05) is 11.8 Å². The van der Waals surface area contributed by atoms with Crippen molar-refractivity contribution in [3.8, 4) is 0 Å². The molecule has 3 N–H and O–H groups in total. The lowest BCUT2D eigenvalue weighted by Crippen LogP contribution is -2.54. The number of carbonyl (C=O) groups excluding carboxylic acids is 1. The third kappa shape index (κ3) is 4.46. The van der Waals surface area contributed by atoms with Gasteiger partial charge in [0.2, 0.25) is 0 Å². The Morgan fingerprint density at radius 2 is 2.06 bits per heavy atom. The van der Waals surface area contributed by atoms with Gasteiger partial charge < -0.3 is 15.7 Å². The Hall–Kier alpha value is -0.910. The minimum atomic E-state index is -1.01. The average Bonchev–Trinajstić information content (AvgIpc) is 2.64. The highest BCUT2D eigenvalue weighted by molar-refractivity contribution is 7.99. The Morgan fingerprint density at radius 1 is 1.41 bits per heavy atom. The molecule has 5 nitrogen and oxygen atoms in total. The van der Waals surface area contributed by atoms with Crippen molar-refractivity contribution in [2.45, 2.75) is 39.3 Å². The number of carboxylic acid groups (broad SMARTS) is 1. The molecule has 1 saturated heterocycles. The molecule has 1 fully saturated rings. The summed E-state index contributed by atoms with van der Waals surface area (Å²) in [5.74, 6) is 0.946. The Labute approximate surface area is 106 Å². The van der Waals surface area contributed by atoms with Crippen LogP contribution in [-0.2, 0) is 4.79 Å². The van der Waals surface area contributed by atoms with Crippen molar-refractivity contribution in [3.05, 3.63) is 0 Å². The highest BCUT2D eigenvalue weighted by Crippen LogP contribution is 2.20. The Bertz CT molecular complexity index is 296. The van der Waals surface area contributed by atoms with Crippen LogP contribution in [-0.4, -0.2) is 40.7 Å². The number of carbonyl (C=O) groups is 2. The third-order valence-electron chi connectivity index (χ3n) is 2.65. The van der Waals surface area contributed by atoms with Crippen LogP contribution in [0.25, 0.3) is 0 Å². The molecule has 1 heterocycles. The molecule has 1 rings (SSSR count). The normalized spacial score (nSPS) is 21.9. The standard InChI is InChI=1S/C11H20N2O3S/c1-11(2,3)8(9(14)15)13-10(16)12-7-4-5-17-6-7/h7-8H,4-6H2,1-3H3,(H,14,15)(H2,12,13,16). The van der Waals surface area contributed by atoms with E-state index in [0.717, 1.165) is 17.9 Å². The molecule has 1 aliphatic heterocycles.